The highest BCUT2D eigenvalue weighted by molar-refractivity contribution is 6.30. The van der Waals surface area contributed by atoms with Gasteiger partial charge in [0.25, 0.3) is 5.91 Å². The predicted molar refractivity (Wildman–Crippen MR) is 104 cm³/mol. The monoisotopic (exact) mass is 384 g/mol. The van der Waals surface area contributed by atoms with E-state index in [2.05, 4.69) is 15.7 Å². The number of benzene rings is 1. The molecule has 6 nitrogen and oxygen atoms in total. The number of piperidine rings is 1. The average Bonchev–Trinajstić information content (AvgIpc) is 3.37. The van der Waals surface area contributed by atoms with Crippen LogP contribution in [0.2, 0.25) is 5.02 Å². The van der Waals surface area contributed by atoms with Crippen molar-refractivity contribution in [2.45, 2.75) is 25.3 Å². The molecule has 2 aromatic heterocycles. The normalized spacial score (nSPS) is 17.0. The lowest BCUT2D eigenvalue weighted by Crippen LogP contribution is -2.43. The molecule has 1 atom stereocenters. The first kappa shape index (κ1) is 17.8. The van der Waals surface area contributed by atoms with Gasteiger partial charge in [0.2, 0.25) is 0 Å². The van der Waals surface area contributed by atoms with Crippen molar-refractivity contribution in [3.05, 3.63) is 59.4 Å². The van der Waals surface area contributed by atoms with Crippen molar-refractivity contribution in [3.8, 4) is 17.1 Å². The molecule has 1 amide bonds. The molecule has 1 unspecified atom stereocenters. The second kappa shape index (κ2) is 7.98. The quantitative estimate of drug-likeness (QED) is 0.704. The van der Waals surface area contributed by atoms with Gasteiger partial charge in [-0.15, -0.1) is 0 Å². The van der Waals surface area contributed by atoms with E-state index in [1.54, 1.807) is 29.1 Å². The molecule has 3 heterocycles. The number of carbonyl (C=O) groups is 1. The molecule has 4 rings (SSSR count). The Kier molecular flexibility index (Phi) is 5.27. The Balaban J connectivity index is 1.58. The fourth-order valence-corrected chi connectivity index (χ4v) is 3.40. The van der Waals surface area contributed by atoms with Crippen LogP contribution in [0.1, 0.15) is 29.8 Å². The third kappa shape index (κ3) is 4.07. The van der Waals surface area contributed by atoms with E-state index < -0.39 is 0 Å². The van der Waals surface area contributed by atoms with Crippen LogP contribution in [0.4, 0.5) is 0 Å². The van der Waals surface area contributed by atoms with E-state index in [1.807, 2.05) is 24.3 Å². The second-order valence-corrected chi connectivity index (χ2v) is 7.07. The van der Waals surface area contributed by atoms with Crippen molar-refractivity contribution in [3.63, 3.8) is 0 Å². The summed E-state index contributed by atoms with van der Waals surface area (Å²) in [5, 5.41) is 11.6. The van der Waals surface area contributed by atoms with E-state index in [4.69, 9.17) is 16.0 Å². The average molecular weight is 385 g/mol. The van der Waals surface area contributed by atoms with E-state index in [1.165, 1.54) is 12.8 Å². The molecule has 0 aliphatic carbocycles. The van der Waals surface area contributed by atoms with E-state index in [0.717, 1.165) is 18.7 Å². The van der Waals surface area contributed by atoms with E-state index in [0.29, 0.717) is 34.8 Å². The van der Waals surface area contributed by atoms with Gasteiger partial charge in [-0.25, -0.2) is 4.68 Å². The zero-order valence-corrected chi connectivity index (χ0v) is 15.6. The highest BCUT2D eigenvalue weighted by Crippen LogP contribution is 2.25. The summed E-state index contributed by atoms with van der Waals surface area (Å²) in [6.07, 6.45) is 5.07. The third-order valence-corrected chi connectivity index (χ3v) is 4.96. The lowest BCUT2D eigenvalue weighted by atomic mass is 10.1. The lowest BCUT2D eigenvalue weighted by Gasteiger charge is -2.23. The van der Waals surface area contributed by atoms with Gasteiger partial charge >= 0.3 is 0 Å². The first-order valence-electron chi connectivity index (χ1n) is 9.12. The molecule has 0 spiro atoms. The molecule has 0 radical (unpaired) electrons. The summed E-state index contributed by atoms with van der Waals surface area (Å²) in [7, 11) is 0. The lowest BCUT2D eigenvalue weighted by molar-refractivity contribution is 0.0942. The van der Waals surface area contributed by atoms with Crippen LogP contribution in [0.15, 0.2) is 53.1 Å². The number of nitrogens with one attached hydrogen (secondary N) is 2. The summed E-state index contributed by atoms with van der Waals surface area (Å²) >= 11 is 5.99. The Morgan fingerprint density at radius 2 is 2.15 bits per heavy atom. The Labute approximate surface area is 162 Å². The molecule has 7 heteroatoms. The van der Waals surface area contributed by atoms with Crippen molar-refractivity contribution in [2.24, 2.45) is 0 Å². The fourth-order valence-electron chi connectivity index (χ4n) is 3.28. The SMILES string of the molecule is O=C(NCC1CCCCN1)c1cc(-c2ccco2)n(-c2ccc(Cl)cc2)n1. The Hall–Kier alpha value is -2.57. The van der Waals surface area contributed by atoms with E-state index >= 15 is 0 Å². The standard InChI is InChI=1S/C20H21ClN4O2/c21-14-6-8-16(9-7-14)25-18(19-5-3-11-27-19)12-17(24-25)20(26)23-13-15-4-1-2-10-22-15/h3,5-9,11-12,15,22H,1-2,4,10,13H2,(H,23,26). The van der Waals surface area contributed by atoms with Crippen LogP contribution in [0.5, 0.6) is 0 Å². The Bertz CT molecular complexity index is 897. The summed E-state index contributed by atoms with van der Waals surface area (Å²) in [6, 6.07) is 13.0. The van der Waals surface area contributed by atoms with Crippen LogP contribution in [0, 0.1) is 0 Å². The fraction of sp³-hybridized carbons (Fsp3) is 0.300. The topological polar surface area (TPSA) is 72.1 Å². The summed E-state index contributed by atoms with van der Waals surface area (Å²) in [4.78, 5) is 12.6. The predicted octanol–water partition coefficient (Wildman–Crippen LogP) is 3.66. The molecule has 1 fully saturated rings. The third-order valence-electron chi connectivity index (χ3n) is 4.71. The number of hydrogen-bond acceptors (Lipinski definition) is 4. The van der Waals surface area contributed by atoms with Crippen molar-refractivity contribution in [1.82, 2.24) is 20.4 Å². The van der Waals surface area contributed by atoms with Crippen LogP contribution in [0.25, 0.3) is 17.1 Å². The molecular formula is C20H21ClN4O2. The molecule has 0 bridgehead atoms. The second-order valence-electron chi connectivity index (χ2n) is 6.64. The number of rotatable bonds is 5. The molecule has 2 N–H and O–H groups in total. The van der Waals surface area contributed by atoms with Crippen LogP contribution in [-0.2, 0) is 0 Å². The van der Waals surface area contributed by atoms with Crippen molar-refractivity contribution in [1.29, 1.82) is 0 Å². The number of nitrogens with zero attached hydrogens (tertiary/aromatic N) is 2. The summed E-state index contributed by atoms with van der Waals surface area (Å²) in [6.45, 7) is 1.61. The van der Waals surface area contributed by atoms with Gasteiger partial charge in [-0.05, 0) is 55.8 Å². The zero-order chi connectivity index (χ0) is 18.6. The van der Waals surface area contributed by atoms with Crippen molar-refractivity contribution < 1.29 is 9.21 Å². The minimum atomic E-state index is -0.192. The van der Waals surface area contributed by atoms with Gasteiger partial charge in [-0.3, -0.25) is 4.79 Å². The number of amides is 1. The minimum absolute atomic E-state index is 0.192. The van der Waals surface area contributed by atoms with Crippen LogP contribution >= 0.6 is 11.6 Å². The molecule has 140 valence electrons. The van der Waals surface area contributed by atoms with Crippen molar-refractivity contribution in [2.75, 3.05) is 13.1 Å². The number of hydrogen-bond donors (Lipinski definition) is 2. The maximum Gasteiger partial charge on any atom is 0.271 e. The molecule has 1 aromatic carbocycles. The summed E-state index contributed by atoms with van der Waals surface area (Å²) in [5.74, 6) is 0.452. The van der Waals surface area contributed by atoms with Gasteiger partial charge in [0.1, 0.15) is 5.69 Å². The summed E-state index contributed by atoms with van der Waals surface area (Å²) < 4.78 is 7.22. The maximum absolute atomic E-state index is 12.6. The number of halogens is 1. The maximum atomic E-state index is 12.6. The van der Waals surface area contributed by atoms with Gasteiger partial charge in [-0.1, -0.05) is 18.0 Å². The summed E-state index contributed by atoms with van der Waals surface area (Å²) in [5.41, 5.74) is 1.87. The van der Waals surface area contributed by atoms with Gasteiger partial charge in [0, 0.05) is 23.7 Å². The van der Waals surface area contributed by atoms with Crippen molar-refractivity contribution >= 4 is 17.5 Å². The van der Waals surface area contributed by atoms with Crippen LogP contribution in [0.3, 0.4) is 0 Å². The first-order chi connectivity index (χ1) is 13.2. The van der Waals surface area contributed by atoms with E-state index in [-0.39, 0.29) is 5.91 Å². The number of carbonyl (C=O) groups excluding carboxylic acids is 1. The van der Waals surface area contributed by atoms with Gasteiger partial charge in [-0.2, -0.15) is 5.10 Å². The molecule has 1 saturated heterocycles. The van der Waals surface area contributed by atoms with Gasteiger partial charge in [0.05, 0.1) is 12.0 Å². The highest BCUT2D eigenvalue weighted by Gasteiger charge is 2.20. The van der Waals surface area contributed by atoms with Gasteiger partial charge in [0.15, 0.2) is 11.5 Å². The van der Waals surface area contributed by atoms with Crippen LogP contribution in [-0.4, -0.2) is 34.8 Å². The van der Waals surface area contributed by atoms with Gasteiger partial charge < -0.3 is 15.1 Å². The smallest absolute Gasteiger partial charge is 0.271 e. The zero-order valence-electron chi connectivity index (χ0n) is 14.8. The molecule has 27 heavy (non-hydrogen) atoms. The molecular weight excluding hydrogens is 364 g/mol. The molecule has 1 aliphatic rings. The first-order valence-corrected chi connectivity index (χ1v) is 9.50. The Morgan fingerprint density at radius 1 is 1.30 bits per heavy atom. The Morgan fingerprint density at radius 3 is 2.85 bits per heavy atom. The highest BCUT2D eigenvalue weighted by atomic mass is 35.5. The molecule has 0 saturated carbocycles. The van der Waals surface area contributed by atoms with E-state index in [9.17, 15) is 4.79 Å². The number of furan rings is 1. The largest absolute Gasteiger partial charge is 0.463 e. The minimum Gasteiger partial charge on any atom is -0.463 e. The molecule has 3 aromatic rings. The number of aromatic nitrogens is 2. The van der Waals surface area contributed by atoms with Crippen LogP contribution < -0.4 is 10.6 Å². The molecule has 1 aliphatic heterocycles.